The van der Waals surface area contributed by atoms with Gasteiger partial charge >= 0.3 is 0 Å². The second kappa shape index (κ2) is 7.10. The quantitative estimate of drug-likeness (QED) is 0.799. The van der Waals surface area contributed by atoms with E-state index in [4.69, 9.17) is 0 Å². The van der Waals surface area contributed by atoms with Crippen molar-refractivity contribution in [3.05, 3.63) is 35.6 Å². The molecule has 1 aromatic carbocycles. The van der Waals surface area contributed by atoms with Crippen LogP contribution in [0.2, 0.25) is 0 Å². The number of hydrogen-bond acceptors (Lipinski definition) is 3. The molecule has 0 aromatic heterocycles. The first-order valence-corrected chi connectivity index (χ1v) is 11.1. The average molecular weight is 386 g/mol. The molecule has 5 heteroatoms. The molecule has 1 aliphatic carbocycles. The first kappa shape index (κ1) is 18.6. The van der Waals surface area contributed by atoms with Crippen LogP contribution in [0.15, 0.2) is 24.3 Å². The van der Waals surface area contributed by atoms with E-state index in [1.54, 1.807) is 6.07 Å². The summed E-state index contributed by atoms with van der Waals surface area (Å²) in [5.41, 5.74) is 0.828. The summed E-state index contributed by atoms with van der Waals surface area (Å²) in [6, 6.07) is 7.26. The zero-order valence-electron chi connectivity index (χ0n) is 16.9. The Bertz CT molecular complexity index is 741. The van der Waals surface area contributed by atoms with Crippen LogP contribution in [0, 0.1) is 17.7 Å². The van der Waals surface area contributed by atoms with Crippen LogP contribution in [0.25, 0.3) is 0 Å². The van der Waals surface area contributed by atoms with Gasteiger partial charge in [-0.3, -0.25) is 14.6 Å². The molecule has 3 atom stereocenters. The fourth-order valence-corrected chi connectivity index (χ4v) is 6.68. The first-order chi connectivity index (χ1) is 13.6. The molecule has 0 bridgehead atoms. The molecule has 1 saturated carbocycles. The molecule has 0 spiro atoms. The summed E-state index contributed by atoms with van der Waals surface area (Å²) in [6.45, 7) is 4.86. The van der Waals surface area contributed by atoms with Gasteiger partial charge in [0.2, 0.25) is 5.91 Å². The van der Waals surface area contributed by atoms with Gasteiger partial charge in [0.15, 0.2) is 0 Å². The fraction of sp³-hybridized carbons (Fsp3) is 0.696. The lowest BCUT2D eigenvalue weighted by atomic mass is 9.89. The summed E-state index contributed by atoms with van der Waals surface area (Å²) in [6.07, 6.45) is 6.88. The van der Waals surface area contributed by atoms with E-state index in [-0.39, 0.29) is 17.4 Å². The monoisotopic (exact) mass is 385 g/mol. The maximum absolute atomic E-state index is 13.8. The molecule has 152 valence electrons. The molecule has 4 fully saturated rings. The number of rotatable bonds is 3. The van der Waals surface area contributed by atoms with Crippen LogP contribution in [0.1, 0.15) is 50.1 Å². The van der Waals surface area contributed by atoms with E-state index >= 15 is 0 Å². The van der Waals surface area contributed by atoms with Crippen LogP contribution in [-0.2, 0) is 4.79 Å². The normalized spacial score (nSPS) is 32.9. The molecule has 0 radical (unpaired) electrons. The number of halogens is 1. The highest BCUT2D eigenvalue weighted by Crippen LogP contribution is 2.46. The van der Waals surface area contributed by atoms with Crippen molar-refractivity contribution in [2.75, 3.05) is 39.8 Å². The van der Waals surface area contributed by atoms with Crippen LogP contribution in [0.4, 0.5) is 4.39 Å². The molecule has 28 heavy (non-hydrogen) atoms. The van der Waals surface area contributed by atoms with Crippen molar-refractivity contribution in [1.82, 2.24) is 14.7 Å². The van der Waals surface area contributed by atoms with Crippen LogP contribution in [0.3, 0.4) is 0 Å². The van der Waals surface area contributed by atoms with Crippen molar-refractivity contribution in [2.45, 2.75) is 50.1 Å². The predicted octanol–water partition coefficient (Wildman–Crippen LogP) is 3.30. The molecule has 0 N–H and O–H groups in total. The fourth-order valence-electron chi connectivity index (χ4n) is 6.68. The lowest BCUT2D eigenvalue weighted by molar-refractivity contribution is -0.143. The highest BCUT2D eigenvalue weighted by molar-refractivity contribution is 5.87. The molecule has 4 aliphatic rings. The van der Waals surface area contributed by atoms with Gasteiger partial charge in [0.25, 0.3) is 0 Å². The molecule has 1 aromatic rings. The molecule has 1 amide bonds. The van der Waals surface area contributed by atoms with Crippen LogP contribution < -0.4 is 0 Å². The van der Waals surface area contributed by atoms with E-state index in [1.807, 2.05) is 12.1 Å². The smallest absolute Gasteiger partial charge is 0.243 e. The molecule has 4 nitrogen and oxygen atoms in total. The number of amides is 1. The van der Waals surface area contributed by atoms with E-state index in [2.05, 4.69) is 21.7 Å². The zero-order valence-corrected chi connectivity index (χ0v) is 16.9. The SMILES string of the molecule is CN1C[C@H]2CN(C(=O)C3(N4CCCC4)CCCC3)C[C@H]2[C@@H]1c1cccc(F)c1. The molecule has 5 rings (SSSR count). The lowest BCUT2D eigenvalue weighted by Gasteiger charge is -2.40. The number of nitrogens with zero attached hydrogens (tertiary/aromatic N) is 3. The van der Waals surface area contributed by atoms with Gasteiger partial charge in [0.1, 0.15) is 11.4 Å². The van der Waals surface area contributed by atoms with Crippen molar-refractivity contribution in [3.8, 4) is 0 Å². The minimum absolute atomic E-state index is 0.167. The number of hydrogen-bond donors (Lipinski definition) is 0. The molecular weight excluding hydrogens is 353 g/mol. The zero-order chi connectivity index (χ0) is 19.3. The molecule has 3 aliphatic heterocycles. The second-order valence-electron chi connectivity index (χ2n) is 9.51. The minimum atomic E-state index is -0.227. The maximum Gasteiger partial charge on any atom is 0.243 e. The Morgan fingerprint density at radius 2 is 1.82 bits per heavy atom. The Morgan fingerprint density at radius 1 is 1.07 bits per heavy atom. The third-order valence-electron chi connectivity index (χ3n) is 7.91. The minimum Gasteiger partial charge on any atom is -0.340 e. The number of carbonyl (C=O) groups is 1. The molecule has 3 saturated heterocycles. The Morgan fingerprint density at radius 3 is 2.54 bits per heavy atom. The second-order valence-corrected chi connectivity index (χ2v) is 9.51. The summed E-state index contributed by atoms with van der Waals surface area (Å²) in [4.78, 5) is 20.8. The van der Waals surface area contributed by atoms with E-state index in [9.17, 15) is 9.18 Å². The van der Waals surface area contributed by atoms with Gasteiger partial charge in [0.05, 0.1) is 0 Å². The molecular formula is C23H32FN3O. The van der Waals surface area contributed by atoms with Crippen molar-refractivity contribution >= 4 is 5.91 Å². The van der Waals surface area contributed by atoms with Crippen molar-refractivity contribution < 1.29 is 9.18 Å². The number of fused-ring (bicyclic) bond motifs is 1. The summed E-state index contributed by atoms with van der Waals surface area (Å²) in [5, 5.41) is 0. The van der Waals surface area contributed by atoms with Gasteiger partial charge in [-0.25, -0.2) is 4.39 Å². The third-order valence-corrected chi connectivity index (χ3v) is 7.91. The summed E-state index contributed by atoms with van der Waals surface area (Å²) < 4.78 is 13.8. The Hall–Kier alpha value is -1.46. The van der Waals surface area contributed by atoms with Crippen molar-refractivity contribution in [3.63, 3.8) is 0 Å². The maximum atomic E-state index is 13.8. The first-order valence-electron chi connectivity index (χ1n) is 11.1. The summed E-state index contributed by atoms with van der Waals surface area (Å²) in [5.74, 6) is 1.13. The van der Waals surface area contributed by atoms with Gasteiger partial charge in [-0.15, -0.1) is 0 Å². The van der Waals surface area contributed by atoms with Crippen molar-refractivity contribution in [1.29, 1.82) is 0 Å². The Balaban J connectivity index is 1.37. The van der Waals surface area contributed by atoms with Crippen LogP contribution in [-0.4, -0.2) is 65.9 Å². The van der Waals surface area contributed by atoms with E-state index in [0.717, 1.165) is 51.1 Å². The lowest BCUT2D eigenvalue weighted by Crippen LogP contribution is -2.57. The Labute approximate surface area is 167 Å². The van der Waals surface area contributed by atoms with Gasteiger partial charge < -0.3 is 4.90 Å². The molecule has 3 heterocycles. The van der Waals surface area contributed by atoms with E-state index in [1.165, 1.54) is 31.7 Å². The van der Waals surface area contributed by atoms with Gasteiger partial charge in [-0.2, -0.15) is 0 Å². The molecule has 0 unspecified atom stereocenters. The van der Waals surface area contributed by atoms with Gasteiger partial charge in [0, 0.05) is 31.6 Å². The average Bonchev–Trinajstić information content (AvgIpc) is 3.44. The highest BCUT2D eigenvalue weighted by atomic mass is 19.1. The van der Waals surface area contributed by atoms with Gasteiger partial charge in [-0.1, -0.05) is 25.0 Å². The third kappa shape index (κ3) is 2.89. The number of carbonyl (C=O) groups excluding carboxylic acids is 1. The topological polar surface area (TPSA) is 26.8 Å². The highest BCUT2D eigenvalue weighted by Gasteiger charge is 2.53. The van der Waals surface area contributed by atoms with E-state index in [0.29, 0.717) is 17.7 Å². The number of likely N-dealkylation sites (tertiary alicyclic amines) is 3. The summed E-state index contributed by atoms with van der Waals surface area (Å²) >= 11 is 0. The van der Waals surface area contributed by atoms with Crippen molar-refractivity contribution in [2.24, 2.45) is 11.8 Å². The van der Waals surface area contributed by atoms with Crippen LogP contribution >= 0.6 is 0 Å². The predicted molar refractivity (Wildman–Crippen MR) is 107 cm³/mol. The van der Waals surface area contributed by atoms with E-state index < -0.39 is 0 Å². The Kier molecular flexibility index (Phi) is 4.71. The summed E-state index contributed by atoms with van der Waals surface area (Å²) in [7, 11) is 2.14. The van der Waals surface area contributed by atoms with Gasteiger partial charge in [-0.05, 0) is 69.4 Å². The standard InChI is InChI=1S/C23H32FN3O/c1-25-14-18-15-26(16-20(18)21(25)17-7-6-8-19(24)13-17)22(28)23(9-2-3-10-23)27-11-4-5-12-27/h6-8,13,18,20-21H,2-5,9-12,14-16H2,1H3/t18-,20+,21-/m0/s1. The largest absolute Gasteiger partial charge is 0.340 e. The van der Waals surface area contributed by atoms with Crippen LogP contribution in [0.5, 0.6) is 0 Å². The number of benzene rings is 1.